The van der Waals surface area contributed by atoms with Gasteiger partial charge >= 0.3 is 0 Å². The van der Waals surface area contributed by atoms with E-state index >= 15 is 0 Å². The molecule has 0 aliphatic carbocycles. The van der Waals surface area contributed by atoms with Gasteiger partial charge in [0, 0.05) is 12.1 Å². The molecule has 17 heavy (non-hydrogen) atoms. The van der Waals surface area contributed by atoms with E-state index in [1.165, 1.54) is 7.11 Å². The van der Waals surface area contributed by atoms with E-state index in [1.54, 1.807) is 25.3 Å². The van der Waals surface area contributed by atoms with Crippen LogP contribution in [0.15, 0.2) is 18.2 Å². The van der Waals surface area contributed by atoms with Crippen LogP contribution in [0.3, 0.4) is 0 Å². The zero-order valence-corrected chi connectivity index (χ0v) is 10.7. The van der Waals surface area contributed by atoms with Crippen LogP contribution >= 0.6 is 0 Å². The summed E-state index contributed by atoms with van der Waals surface area (Å²) >= 11 is 0. The second kappa shape index (κ2) is 6.13. The fraction of sp³-hybridized carbons (Fsp3) is 0.462. The molecule has 1 rings (SSSR count). The number of carbonyl (C=O) groups is 1. The summed E-state index contributed by atoms with van der Waals surface area (Å²) in [5.41, 5.74) is 0.522. The Morgan fingerprint density at radius 2 is 2.06 bits per heavy atom. The minimum Gasteiger partial charge on any atom is -0.497 e. The second-order valence-corrected chi connectivity index (χ2v) is 3.85. The fourth-order valence-corrected chi connectivity index (χ4v) is 1.39. The van der Waals surface area contributed by atoms with Gasteiger partial charge in [-0.15, -0.1) is 0 Å². The van der Waals surface area contributed by atoms with Crippen molar-refractivity contribution in [2.75, 3.05) is 14.2 Å². The van der Waals surface area contributed by atoms with Gasteiger partial charge in [-0.25, -0.2) is 0 Å². The van der Waals surface area contributed by atoms with Gasteiger partial charge in [0.1, 0.15) is 11.5 Å². The number of ether oxygens (including phenoxy) is 2. The molecule has 1 aromatic rings. The fourth-order valence-electron chi connectivity index (χ4n) is 1.39. The maximum atomic E-state index is 12.0. The molecule has 1 unspecified atom stereocenters. The van der Waals surface area contributed by atoms with Crippen molar-refractivity contribution in [1.29, 1.82) is 0 Å². The summed E-state index contributed by atoms with van der Waals surface area (Å²) in [6.45, 7) is 3.99. The van der Waals surface area contributed by atoms with E-state index in [1.807, 2.05) is 13.8 Å². The number of rotatable bonds is 5. The maximum Gasteiger partial charge on any atom is 0.255 e. The molecule has 0 saturated heterocycles. The molecule has 94 valence electrons. The number of methoxy groups -OCH3 is 2. The van der Waals surface area contributed by atoms with E-state index < -0.39 is 0 Å². The van der Waals surface area contributed by atoms with Gasteiger partial charge in [-0.2, -0.15) is 0 Å². The number of hydrogen-bond acceptors (Lipinski definition) is 3. The first-order valence-corrected chi connectivity index (χ1v) is 5.65. The summed E-state index contributed by atoms with van der Waals surface area (Å²) in [6, 6.07) is 5.30. The van der Waals surface area contributed by atoms with Gasteiger partial charge in [0.05, 0.1) is 19.8 Å². The predicted octanol–water partition coefficient (Wildman–Crippen LogP) is 2.23. The van der Waals surface area contributed by atoms with Crippen molar-refractivity contribution < 1.29 is 14.3 Å². The maximum absolute atomic E-state index is 12.0. The Bertz CT molecular complexity index is 390. The summed E-state index contributed by atoms with van der Waals surface area (Å²) < 4.78 is 10.3. The molecular weight excluding hydrogens is 218 g/mol. The Hall–Kier alpha value is -1.71. The highest BCUT2D eigenvalue weighted by molar-refractivity contribution is 5.97. The summed E-state index contributed by atoms with van der Waals surface area (Å²) in [6.07, 6.45) is 0.893. The Balaban J connectivity index is 2.93. The van der Waals surface area contributed by atoms with Crippen LogP contribution in [-0.4, -0.2) is 26.2 Å². The van der Waals surface area contributed by atoms with Gasteiger partial charge in [0.2, 0.25) is 0 Å². The first-order chi connectivity index (χ1) is 8.12. The molecule has 1 aromatic carbocycles. The highest BCUT2D eigenvalue weighted by atomic mass is 16.5. The highest BCUT2D eigenvalue weighted by Crippen LogP contribution is 2.24. The Labute approximate surface area is 102 Å². The van der Waals surface area contributed by atoms with Gasteiger partial charge in [0.25, 0.3) is 5.91 Å². The monoisotopic (exact) mass is 237 g/mol. The molecule has 0 spiro atoms. The second-order valence-electron chi connectivity index (χ2n) is 3.85. The third-order valence-corrected chi connectivity index (χ3v) is 2.64. The highest BCUT2D eigenvalue weighted by Gasteiger charge is 2.14. The summed E-state index contributed by atoms with van der Waals surface area (Å²) in [7, 11) is 3.11. The molecule has 4 heteroatoms. The third-order valence-electron chi connectivity index (χ3n) is 2.64. The van der Waals surface area contributed by atoms with Crippen LogP contribution in [0.2, 0.25) is 0 Å². The van der Waals surface area contributed by atoms with E-state index in [9.17, 15) is 4.79 Å². The molecule has 0 bridgehead atoms. The molecule has 0 fully saturated rings. The molecule has 1 atom stereocenters. The van der Waals surface area contributed by atoms with Crippen molar-refractivity contribution in [3.8, 4) is 11.5 Å². The van der Waals surface area contributed by atoms with Crippen LogP contribution in [0, 0.1) is 0 Å². The van der Waals surface area contributed by atoms with Crippen molar-refractivity contribution in [2.45, 2.75) is 26.3 Å². The average molecular weight is 237 g/mol. The van der Waals surface area contributed by atoms with E-state index in [2.05, 4.69) is 5.32 Å². The lowest BCUT2D eigenvalue weighted by atomic mass is 10.1. The first kappa shape index (κ1) is 13.4. The average Bonchev–Trinajstić information content (AvgIpc) is 2.37. The lowest BCUT2D eigenvalue weighted by Gasteiger charge is -2.14. The molecule has 0 aliphatic heterocycles. The molecule has 0 aromatic heterocycles. The van der Waals surface area contributed by atoms with E-state index in [4.69, 9.17) is 9.47 Å². The minimum absolute atomic E-state index is 0.126. The van der Waals surface area contributed by atoms with Crippen molar-refractivity contribution in [3.05, 3.63) is 23.8 Å². The largest absolute Gasteiger partial charge is 0.497 e. The number of nitrogens with one attached hydrogen (secondary N) is 1. The molecule has 0 aliphatic rings. The predicted molar refractivity (Wildman–Crippen MR) is 66.8 cm³/mol. The molecule has 0 radical (unpaired) electrons. The Morgan fingerprint density at radius 1 is 1.35 bits per heavy atom. The van der Waals surface area contributed by atoms with Crippen LogP contribution in [0.25, 0.3) is 0 Å². The zero-order valence-electron chi connectivity index (χ0n) is 10.7. The molecule has 0 saturated carbocycles. The molecule has 0 heterocycles. The van der Waals surface area contributed by atoms with Gasteiger partial charge in [0.15, 0.2) is 0 Å². The summed E-state index contributed by atoms with van der Waals surface area (Å²) in [4.78, 5) is 12.0. The van der Waals surface area contributed by atoms with Crippen molar-refractivity contribution >= 4 is 5.91 Å². The standard InChI is InChI=1S/C13H19NO3/c1-5-9(2)14-13(15)11-7-6-10(16-3)8-12(11)17-4/h6-9H,5H2,1-4H3,(H,14,15). The lowest BCUT2D eigenvalue weighted by Crippen LogP contribution is -2.32. The topological polar surface area (TPSA) is 47.6 Å². The van der Waals surface area contributed by atoms with Crippen molar-refractivity contribution in [3.63, 3.8) is 0 Å². The van der Waals surface area contributed by atoms with E-state index in [0.717, 1.165) is 6.42 Å². The number of amides is 1. The quantitative estimate of drug-likeness (QED) is 0.854. The van der Waals surface area contributed by atoms with Gasteiger partial charge in [-0.3, -0.25) is 4.79 Å². The Morgan fingerprint density at radius 3 is 2.59 bits per heavy atom. The molecule has 1 N–H and O–H groups in total. The van der Waals surface area contributed by atoms with Crippen molar-refractivity contribution in [1.82, 2.24) is 5.32 Å². The normalized spacial score (nSPS) is 11.8. The Kier molecular flexibility index (Phi) is 4.82. The van der Waals surface area contributed by atoms with Crippen LogP contribution in [0.5, 0.6) is 11.5 Å². The smallest absolute Gasteiger partial charge is 0.255 e. The third kappa shape index (κ3) is 3.37. The summed E-state index contributed by atoms with van der Waals surface area (Å²) in [5, 5.41) is 2.90. The van der Waals surface area contributed by atoms with E-state index in [-0.39, 0.29) is 11.9 Å². The van der Waals surface area contributed by atoms with E-state index in [0.29, 0.717) is 17.1 Å². The molecule has 4 nitrogen and oxygen atoms in total. The van der Waals surface area contributed by atoms with Crippen LogP contribution < -0.4 is 14.8 Å². The first-order valence-electron chi connectivity index (χ1n) is 5.65. The summed E-state index contributed by atoms with van der Waals surface area (Å²) in [5.74, 6) is 1.06. The van der Waals surface area contributed by atoms with Crippen LogP contribution in [-0.2, 0) is 0 Å². The van der Waals surface area contributed by atoms with Gasteiger partial charge < -0.3 is 14.8 Å². The van der Waals surface area contributed by atoms with Crippen molar-refractivity contribution in [2.24, 2.45) is 0 Å². The number of benzene rings is 1. The van der Waals surface area contributed by atoms with Gasteiger partial charge in [-0.1, -0.05) is 6.92 Å². The molecule has 1 amide bonds. The van der Waals surface area contributed by atoms with Crippen LogP contribution in [0.1, 0.15) is 30.6 Å². The van der Waals surface area contributed by atoms with Crippen LogP contribution in [0.4, 0.5) is 0 Å². The number of hydrogen-bond donors (Lipinski definition) is 1. The number of carbonyl (C=O) groups excluding carboxylic acids is 1. The lowest BCUT2D eigenvalue weighted by molar-refractivity contribution is 0.0936. The minimum atomic E-state index is -0.126. The SMILES string of the molecule is CCC(C)NC(=O)c1ccc(OC)cc1OC. The zero-order chi connectivity index (χ0) is 12.8. The van der Waals surface area contributed by atoms with Gasteiger partial charge in [-0.05, 0) is 25.5 Å². The molecular formula is C13H19NO3.